The van der Waals surface area contributed by atoms with Gasteiger partial charge >= 0.3 is 5.97 Å². The van der Waals surface area contributed by atoms with Crippen LogP contribution in [0.3, 0.4) is 0 Å². The molecule has 5 atom stereocenters. The van der Waals surface area contributed by atoms with Crippen molar-refractivity contribution in [3.63, 3.8) is 0 Å². The molecule has 0 N–H and O–H groups in total. The van der Waals surface area contributed by atoms with Crippen molar-refractivity contribution >= 4 is 24.7 Å². The minimum Gasteiger partial charge on any atom is -0.462 e. The van der Waals surface area contributed by atoms with Gasteiger partial charge in [-0.3, -0.25) is 4.79 Å². The second-order valence-electron chi connectivity index (χ2n) is 13.4. The van der Waals surface area contributed by atoms with Crippen LogP contribution in [0, 0.1) is 23.7 Å². The Labute approximate surface area is 244 Å². The van der Waals surface area contributed by atoms with Gasteiger partial charge in [0.05, 0.1) is 0 Å². The molecule has 2 aliphatic rings. The Morgan fingerprint density at radius 1 is 0.850 bits per heavy atom. The number of ether oxygens (including phenoxy) is 1. The fourth-order valence-corrected chi connectivity index (χ4v) is 12.1. The van der Waals surface area contributed by atoms with Crippen molar-refractivity contribution in [2.75, 3.05) is 0 Å². The van der Waals surface area contributed by atoms with Gasteiger partial charge in [-0.15, -0.1) is 0 Å². The Bertz CT molecular complexity index is 1120. The standard InChI is InChI=1S/C36H50O3Si/c1-26(2)33-23-22-27(3)34-25-30(17-15-14-16-29(24-35(33)34)38-28(4)37)39-40(36(5,6)7,31-18-10-8-11-19-31)32-20-12-9-13-21-32/h8-15,18-22,26,29-30,33-35H,16-17,23-25H2,1-7H3/b15-14-. The summed E-state index contributed by atoms with van der Waals surface area (Å²) in [6.07, 6.45) is 11.6. The van der Waals surface area contributed by atoms with Gasteiger partial charge in [-0.1, -0.05) is 119 Å². The molecular weight excluding hydrogens is 508 g/mol. The van der Waals surface area contributed by atoms with Crippen LogP contribution in [-0.2, 0) is 14.0 Å². The summed E-state index contributed by atoms with van der Waals surface area (Å²) in [4.78, 5) is 12.0. The highest BCUT2D eigenvalue weighted by atomic mass is 28.4. The molecule has 2 aliphatic carbocycles. The molecule has 0 radical (unpaired) electrons. The average Bonchev–Trinajstić information content (AvgIpc) is 2.91. The number of hydrogen-bond donors (Lipinski definition) is 0. The molecule has 40 heavy (non-hydrogen) atoms. The largest absolute Gasteiger partial charge is 0.462 e. The first-order valence-electron chi connectivity index (χ1n) is 15.3. The number of carbonyl (C=O) groups excluding carboxylic acids is 1. The van der Waals surface area contributed by atoms with Gasteiger partial charge in [-0.05, 0) is 71.7 Å². The van der Waals surface area contributed by atoms with Crippen LogP contribution >= 0.6 is 0 Å². The summed E-state index contributed by atoms with van der Waals surface area (Å²) < 4.78 is 13.6. The number of allylic oxidation sites excluding steroid dienone is 2. The first-order valence-corrected chi connectivity index (χ1v) is 17.2. The van der Waals surface area contributed by atoms with Crippen LogP contribution in [0.5, 0.6) is 0 Å². The fraction of sp³-hybridized carbons (Fsp3) is 0.528. The number of benzene rings is 2. The van der Waals surface area contributed by atoms with E-state index in [1.54, 1.807) is 6.92 Å². The lowest BCUT2D eigenvalue weighted by atomic mass is 9.64. The number of carbonyl (C=O) groups is 1. The topological polar surface area (TPSA) is 35.5 Å². The summed E-state index contributed by atoms with van der Waals surface area (Å²) >= 11 is 0. The van der Waals surface area contributed by atoms with E-state index in [2.05, 4.69) is 120 Å². The van der Waals surface area contributed by atoms with Crippen LogP contribution in [0.15, 0.2) is 84.5 Å². The Hall–Kier alpha value is -2.43. The van der Waals surface area contributed by atoms with Gasteiger partial charge < -0.3 is 9.16 Å². The van der Waals surface area contributed by atoms with E-state index in [1.807, 2.05) is 0 Å². The molecule has 0 spiro atoms. The maximum atomic E-state index is 12.0. The van der Waals surface area contributed by atoms with Crippen LogP contribution in [0.2, 0.25) is 5.04 Å². The highest BCUT2D eigenvalue weighted by Crippen LogP contribution is 2.46. The van der Waals surface area contributed by atoms with E-state index >= 15 is 0 Å². The van der Waals surface area contributed by atoms with Crippen molar-refractivity contribution in [3.8, 4) is 0 Å². The third kappa shape index (κ3) is 6.71. The first-order chi connectivity index (χ1) is 19.0. The molecule has 0 fully saturated rings. The SMILES string of the molecule is CC(=O)OC1C/C=C\CC(O[Si](c2ccccc2)(c2ccccc2)C(C)(C)C)CC2C(C)=CCC(C(C)C)C2C1. The van der Waals surface area contributed by atoms with Gasteiger partial charge in [-0.2, -0.15) is 0 Å². The van der Waals surface area contributed by atoms with Crippen LogP contribution in [0.1, 0.15) is 80.6 Å². The highest BCUT2D eigenvalue weighted by Gasteiger charge is 2.52. The third-order valence-electron chi connectivity index (χ3n) is 9.33. The van der Waals surface area contributed by atoms with E-state index in [1.165, 1.54) is 15.9 Å². The molecule has 0 bridgehead atoms. The first kappa shape index (κ1) is 30.5. The van der Waals surface area contributed by atoms with Crippen molar-refractivity contribution in [1.29, 1.82) is 0 Å². The summed E-state index contributed by atoms with van der Waals surface area (Å²) in [5.74, 6) is 1.84. The maximum Gasteiger partial charge on any atom is 0.302 e. The average molecular weight is 559 g/mol. The number of rotatable bonds is 6. The second-order valence-corrected chi connectivity index (χ2v) is 17.7. The Kier molecular flexibility index (Phi) is 9.95. The minimum atomic E-state index is -2.68. The van der Waals surface area contributed by atoms with Crippen LogP contribution in [0.25, 0.3) is 0 Å². The zero-order valence-electron chi connectivity index (χ0n) is 25.7. The molecule has 216 valence electrons. The number of hydrogen-bond acceptors (Lipinski definition) is 3. The van der Waals surface area contributed by atoms with Crippen molar-refractivity contribution in [2.24, 2.45) is 23.7 Å². The van der Waals surface area contributed by atoms with Gasteiger partial charge in [0.2, 0.25) is 0 Å². The molecule has 0 aromatic heterocycles. The number of esters is 1. The van der Waals surface area contributed by atoms with E-state index in [-0.39, 0.29) is 23.2 Å². The molecule has 2 aromatic rings. The zero-order valence-corrected chi connectivity index (χ0v) is 26.7. The monoisotopic (exact) mass is 558 g/mol. The fourth-order valence-electron chi connectivity index (χ4n) is 7.39. The van der Waals surface area contributed by atoms with E-state index in [9.17, 15) is 4.79 Å². The zero-order chi connectivity index (χ0) is 28.9. The van der Waals surface area contributed by atoms with Gasteiger partial charge in [0.1, 0.15) is 6.10 Å². The smallest absolute Gasteiger partial charge is 0.302 e. The maximum absolute atomic E-state index is 12.0. The molecule has 3 nitrogen and oxygen atoms in total. The lowest BCUT2D eigenvalue weighted by molar-refractivity contribution is -0.147. The molecule has 2 aromatic carbocycles. The molecule has 0 amide bonds. The molecule has 0 saturated carbocycles. The normalized spacial score (nSPS) is 26.9. The summed E-state index contributed by atoms with van der Waals surface area (Å²) in [6.45, 7) is 15.7. The van der Waals surface area contributed by atoms with E-state index in [4.69, 9.17) is 9.16 Å². The summed E-state index contributed by atoms with van der Waals surface area (Å²) in [6, 6.07) is 22.0. The number of fused-ring (bicyclic) bond motifs is 1. The summed E-state index contributed by atoms with van der Waals surface area (Å²) in [5.41, 5.74) is 1.48. The quantitative estimate of drug-likeness (QED) is 0.206. The van der Waals surface area contributed by atoms with Gasteiger partial charge in [-0.25, -0.2) is 0 Å². The molecular formula is C36H50O3Si. The molecule has 4 rings (SSSR count). The molecule has 0 saturated heterocycles. The van der Waals surface area contributed by atoms with Crippen molar-refractivity contribution in [3.05, 3.63) is 84.5 Å². The molecule has 0 heterocycles. The van der Waals surface area contributed by atoms with E-state index in [0.717, 1.165) is 32.1 Å². The van der Waals surface area contributed by atoms with Crippen LogP contribution in [-0.4, -0.2) is 26.5 Å². The van der Waals surface area contributed by atoms with E-state index in [0.29, 0.717) is 23.7 Å². The van der Waals surface area contributed by atoms with Crippen molar-refractivity contribution in [1.82, 2.24) is 0 Å². The predicted octanol–water partition coefficient (Wildman–Crippen LogP) is 7.85. The van der Waals surface area contributed by atoms with Gasteiger partial charge in [0.15, 0.2) is 0 Å². The second kappa shape index (κ2) is 13.0. The van der Waals surface area contributed by atoms with Gasteiger partial charge in [0.25, 0.3) is 8.32 Å². The predicted molar refractivity (Wildman–Crippen MR) is 169 cm³/mol. The van der Waals surface area contributed by atoms with Crippen LogP contribution in [0.4, 0.5) is 0 Å². The lowest BCUT2D eigenvalue weighted by Gasteiger charge is -2.47. The molecule has 0 aliphatic heterocycles. The minimum absolute atomic E-state index is 0.0630. The van der Waals surface area contributed by atoms with Crippen LogP contribution < -0.4 is 10.4 Å². The molecule has 5 unspecified atom stereocenters. The Morgan fingerprint density at radius 2 is 1.40 bits per heavy atom. The van der Waals surface area contributed by atoms with Gasteiger partial charge in [0, 0.05) is 19.4 Å². The molecule has 4 heteroatoms. The highest BCUT2D eigenvalue weighted by molar-refractivity contribution is 6.99. The van der Waals surface area contributed by atoms with E-state index < -0.39 is 8.32 Å². The van der Waals surface area contributed by atoms with Crippen molar-refractivity contribution in [2.45, 2.75) is 97.8 Å². The summed E-state index contributed by atoms with van der Waals surface area (Å²) in [7, 11) is -2.68. The van der Waals surface area contributed by atoms with Crippen molar-refractivity contribution < 1.29 is 14.0 Å². The third-order valence-corrected chi connectivity index (χ3v) is 14.4. The lowest BCUT2D eigenvalue weighted by Crippen LogP contribution is -2.67. The Morgan fingerprint density at radius 3 is 1.90 bits per heavy atom. The summed E-state index contributed by atoms with van der Waals surface area (Å²) in [5, 5.41) is 2.60. The Balaban J connectivity index is 1.80.